The van der Waals surface area contributed by atoms with Gasteiger partial charge in [0.15, 0.2) is 12.4 Å². The Bertz CT molecular complexity index is 720. The van der Waals surface area contributed by atoms with Crippen LogP contribution in [0, 0.1) is 0 Å². The molecule has 0 aliphatic heterocycles. The maximum absolute atomic E-state index is 2.31. The second-order valence-electron chi connectivity index (χ2n) is 5.90. The van der Waals surface area contributed by atoms with Crippen molar-refractivity contribution in [3.8, 4) is 0 Å². The predicted octanol–water partition coefficient (Wildman–Crippen LogP) is 3.88. The van der Waals surface area contributed by atoms with E-state index in [4.69, 9.17) is 0 Å². The lowest BCUT2D eigenvalue weighted by Gasteiger charge is -2.19. The lowest BCUT2D eigenvalue weighted by molar-refractivity contribution is -0.510. The number of nitrogens with zero attached hydrogens (tertiary/aromatic N) is 1. The summed E-state index contributed by atoms with van der Waals surface area (Å²) in [6.07, 6.45) is 4.28. The summed E-state index contributed by atoms with van der Waals surface area (Å²) in [7, 11) is 0. The largest absolute Gasteiger partial charge is 0.211 e. The molecular weight excluding hydrogens is 218 g/mol. The molecule has 1 aromatic carbocycles. The van der Waals surface area contributed by atoms with Crippen molar-refractivity contribution in [2.24, 2.45) is 0 Å². The SMILES string of the molecule is CC(C)(C)c1ccc2c[n+]3ccccc3cc2c1. The molecule has 1 nitrogen and oxygen atoms in total. The van der Waals surface area contributed by atoms with Gasteiger partial charge in [0.1, 0.15) is 0 Å². The summed E-state index contributed by atoms with van der Waals surface area (Å²) in [4.78, 5) is 0. The quantitative estimate of drug-likeness (QED) is 0.412. The highest BCUT2D eigenvalue weighted by molar-refractivity contribution is 5.84. The fourth-order valence-electron chi connectivity index (χ4n) is 2.30. The van der Waals surface area contributed by atoms with Gasteiger partial charge in [0.25, 0.3) is 0 Å². The summed E-state index contributed by atoms with van der Waals surface area (Å²) in [5, 5.41) is 2.60. The van der Waals surface area contributed by atoms with E-state index in [1.165, 1.54) is 21.9 Å². The van der Waals surface area contributed by atoms with E-state index in [9.17, 15) is 0 Å². The van der Waals surface area contributed by atoms with Crippen LogP contribution < -0.4 is 4.40 Å². The lowest BCUT2D eigenvalue weighted by Crippen LogP contribution is -2.20. The monoisotopic (exact) mass is 236 g/mol. The van der Waals surface area contributed by atoms with Crippen LogP contribution in [0.2, 0.25) is 0 Å². The number of hydrogen-bond acceptors (Lipinski definition) is 0. The smallest absolute Gasteiger partial charge is 0.167 e. The molecule has 0 aliphatic carbocycles. The van der Waals surface area contributed by atoms with E-state index < -0.39 is 0 Å². The van der Waals surface area contributed by atoms with Crippen molar-refractivity contribution in [3.63, 3.8) is 0 Å². The van der Waals surface area contributed by atoms with Gasteiger partial charge in [-0.2, -0.15) is 4.40 Å². The third-order valence-electron chi connectivity index (χ3n) is 3.46. The van der Waals surface area contributed by atoms with Crippen LogP contribution in [0.3, 0.4) is 0 Å². The fourth-order valence-corrected chi connectivity index (χ4v) is 2.30. The minimum Gasteiger partial charge on any atom is -0.167 e. The Balaban J connectivity index is 2.31. The van der Waals surface area contributed by atoms with Crippen molar-refractivity contribution < 1.29 is 4.40 Å². The van der Waals surface area contributed by atoms with Crippen LogP contribution in [0.25, 0.3) is 16.3 Å². The first-order valence-corrected chi connectivity index (χ1v) is 6.38. The van der Waals surface area contributed by atoms with Gasteiger partial charge in [-0.25, -0.2) is 0 Å². The van der Waals surface area contributed by atoms with Crippen molar-refractivity contribution in [2.45, 2.75) is 26.2 Å². The Labute approximate surface area is 108 Å². The summed E-state index contributed by atoms with van der Waals surface area (Å²) in [6, 6.07) is 15.3. The van der Waals surface area contributed by atoms with Gasteiger partial charge in [0.05, 0.1) is 0 Å². The molecule has 0 unspecified atom stereocenters. The van der Waals surface area contributed by atoms with E-state index in [1.54, 1.807) is 0 Å². The molecule has 0 amide bonds. The van der Waals surface area contributed by atoms with Crippen molar-refractivity contribution in [1.29, 1.82) is 0 Å². The molecule has 0 N–H and O–H groups in total. The van der Waals surface area contributed by atoms with E-state index in [2.05, 4.69) is 80.0 Å². The molecule has 18 heavy (non-hydrogen) atoms. The highest BCUT2D eigenvalue weighted by Gasteiger charge is 2.14. The number of pyridine rings is 2. The third-order valence-corrected chi connectivity index (χ3v) is 3.46. The van der Waals surface area contributed by atoms with Crippen LogP contribution in [-0.2, 0) is 5.41 Å². The number of benzene rings is 1. The first-order valence-electron chi connectivity index (χ1n) is 6.38. The molecular formula is C17H18N+. The average Bonchev–Trinajstić information content (AvgIpc) is 2.34. The predicted molar refractivity (Wildman–Crippen MR) is 75.8 cm³/mol. The maximum Gasteiger partial charge on any atom is 0.211 e. The van der Waals surface area contributed by atoms with E-state index in [-0.39, 0.29) is 5.41 Å². The zero-order chi connectivity index (χ0) is 12.8. The van der Waals surface area contributed by atoms with Gasteiger partial charge in [0, 0.05) is 23.6 Å². The summed E-state index contributed by atoms with van der Waals surface area (Å²) in [6.45, 7) is 6.76. The Morgan fingerprint density at radius 1 is 0.889 bits per heavy atom. The molecule has 0 bridgehead atoms. The van der Waals surface area contributed by atoms with Gasteiger partial charge in [-0.15, -0.1) is 0 Å². The maximum atomic E-state index is 2.31. The van der Waals surface area contributed by atoms with Crippen LogP contribution in [-0.4, -0.2) is 0 Å². The second-order valence-corrected chi connectivity index (χ2v) is 5.90. The molecule has 0 saturated heterocycles. The average molecular weight is 236 g/mol. The molecule has 3 aromatic rings. The Morgan fingerprint density at radius 3 is 2.50 bits per heavy atom. The van der Waals surface area contributed by atoms with Crippen molar-refractivity contribution in [2.75, 3.05) is 0 Å². The van der Waals surface area contributed by atoms with Gasteiger partial charge in [0.2, 0.25) is 5.52 Å². The zero-order valence-electron chi connectivity index (χ0n) is 11.1. The molecule has 90 valence electrons. The Morgan fingerprint density at radius 2 is 1.72 bits per heavy atom. The van der Waals surface area contributed by atoms with Crippen LogP contribution in [0.1, 0.15) is 26.3 Å². The van der Waals surface area contributed by atoms with Crippen LogP contribution in [0.4, 0.5) is 0 Å². The van der Waals surface area contributed by atoms with Crippen LogP contribution >= 0.6 is 0 Å². The number of aromatic nitrogens is 1. The van der Waals surface area contributed by atoms with Crippen molar-refractivity contribution in [1.82, 2.24) is 0 Å². The van der Waals surface area contributed by atoms with Crippen LogP contribution in [0.15, 0.2) is 54.9 Å². The van der Waals surface area contributed by atoms with Gasteiger partial charge in [-0.3, -0.25) is 0 Å². The first-order chi connectivity index (χ1) is 8.54. The van der Waals surface area contributed by atoms with E-state index in [0.29, 0.717) is 0 Å². The standard InChI is InChI=1S/C17H18N/c1-17(2,3)15-8-7-13-12-18-9-5-4-6-16(18)11-14(13)10-15/h4-12H,1-3H3/q+1. The van der Waals surface area contributed by atoms with Gasteiger partial charge < -0.3 is 0 Å². The summed E-state index contributed by atoms with van der Waals surface area (Å²) < 4.78 is 2.17. The summed E-state index contributed by atoms with van der Waals surface area (Å²) in [5.74, 6) is 0. The minimum absolute atomic E-state index is 0.201. The molecule has 0 fully saturated rings. The third kappa shape index (κ3) is 1.86. The molecule has 0 atom stereocenters. The van der Waals surface area contributed by atoms with Crippen molar-refractivity contribution in [3.05, 3.63) is 60.4 Å². The molecule has 0 aliphatic rings. The molecule has 1 heteroatoms. The fraction of sp³-hybridized carbons (Fsp3) is 0.235. The molecule has 2 aromatic heterocycles. The number of fused-ring (bicyclic) bond motifs is 2. The normalized spacial score (nSPS) is 12.2. The molecule has 0 saturated carbocycles. The van der Waals surface area contributed by atoms with E-state index in [1.807, 2.05) is 0 Å². The molecule has 3 rings (SSSR count). The topological polar surface area (TPSA) is 4.10 Å². The molecule has 2 heterocycles. The number of hydrogen-bond donors (Lipinski definition) is 0. The highest BCUT2D eigenvalue weighted by Crippen LogP contribution is 2.25. The molecule has 0 radical (unpaired) electrons. The van der Waals surface area contributed by atoms with Crippen LogP contribution in [0.5, 0.6) is 0 Å². The number of rotatable bonds is 0. The van der Waals surface area contributed by atoms with Gasteiger partial charge >= 0.3 is 0 Å². The first kappa shape index (κ1) is 11.2. The lowest BCUT2D eigenvalue weighted by atomic mass is 9.86. The Kier molecular flexibility index (Phi) is 2.37. The Hall–Kier alpha value is -1.89. The summed E-state index contributed by atoms with van der Waals surface area (Å²) >= 11 is 0. The minimum atomic E-state index is 0.201. The van der Waals surface area contributed by atoms with Gasteiger partial charge in [-0.05, 0) is 28.5 Å². The second kappa shape index (κ2) is 3.81. The van der Waals surface area contributed by atoms with E-state index in [0.717, 1.165) is 0 Å². The summed E-state index contributed by atoms with van der Waals surface area (Å²) in [5.41, 5.74) is 2.82. The van der Waals surface area contributed by atoms with E-state index >= 15 is 0 Å². The molecule has 0 spiro atoms. The van der Waals surface area contributed by atoms with Gasteiger partial charge in [-0.1, -0.05) is 32.9 Å². The highest BCUT2D eigenvalue weighted by atomic mass is 14.8. The van der Waals surface area contributed by atoms with Crippen molar-refractivity contribution >= 4 is 16.3 Å². The zero-order valence-corrected chi connectivity index (χ0v) is 11.1.